The molecule has 1 N–H and O–H groups in total. The van der Waals surface area contributed by atoms with Crippen molar-refractivity contribution >= 4 is 11.7 Å². The van der Waals surface area contributed by atoms with Crippen molar-refractivity contribution in [1.82, 2.24) is 15.2 Å². The fourth-order valence-corrected chi connectivity index (χ4v) is 1.50. The summed E-state index contributed by atoms with van der Waals surface area (Å²) in [4.78, 5) is 15.1. The maximum absolute atomic E-state index is 12.5. The van der Waals surface area contributed by atoms with E-state index in [0.29, 0.717) is 0 Å². The van der Waals surface area contributed by atoms with Gasteiger partial charge < -0.3 is 5.32 Å². The quantitative estimate of drug-likeness (QED) is 0.918. The molecule has 0 aromatic carbocycles. The highest BCUT2D eigenvalue weighted by Gasteiger charge is 2.33. The lowest BCUT2D eigenvalue weighted by atomic mass is 10.1. The fourth-order valence-electron chi connectivity index (χ4n) is 1.50. The van der Waals surface area contributed by atoms with Crippen molar-refractivity contribution in [2.24, 2.45) is 0 Å². The molecule has 0 fully saturated rings. The molecule has 0 unspecified atom stereocenters. The minimum Gasteiger partial charge on any atom is -0.305 e. The third kappa shape index (κ3) is 3.08. The second-order valence-electron chi connectivity index (χ2n) is 3.95. The molecule has 1 amide bonds. The van der Waals surface area contributed by atoms with Crippen molar-refractivity contribution < 1.29 is 18.0 Å². The van der Waals surface area contributed by atoms with E-state index in [4.69, 9.17) is 0 Å². The Kier molecular flexibility index (Phi) is 3.64. The number of nitrogens with zero attached hydrogens (tertiary/aromatic N) is 3. The van der Waals surface area contributed by atoms with Gasteiger partial charge in [-0.3, -0.25) is 9.78 Å². The largest absolute Gasteiger partial charge is 0.433 e. The van der Waals surface area contributed by atoms with Crippen LogP contribution in [-0.4, -0.2) is 21.1 Å². The van der Waals surface area contributed by atoms with E-state index in [1.54, 1.807) is 6.07 Å². The molecule has 0 saturated heterocycles. The normalized spacial score (nSPS) is 11.2. The molecule has 0 atom stereocenters. The number of carbonyl (C=O) groups is 1. The first-order valence-electron chi connectivity index (χ1n) is 5.51. The predicted octanol–water partition coefficient (Wildman–Crippen LogP) is 2.45. The Labute approximate surface area is 111 Å². The van der Waals surface area contributed by atoms with Gasteiger partial charge in [0.2, 0.25) is 0 Å². The molecule has 2 heterocycles. The number of hydrogen-bond acceptors (Lipinski definition) is 4. The van der Waals surface area contributed by atoms with Crippen LogP contribution in [0, 0.1) is 6.92 Å². The molecule has 104 valence electrons. The van der Waals surface area contributed by atoms with E-state index >= 15 is 0 Å². The minimum atomic E-state index is -4.54. The number of alkyl halides is 3. The number of aryl methyl sites for hydroxylation is 1. The van der Waals surface area contributed by atoms with Crippen LogP contribution < -0.4 is 5.32 Å². The molecule has 20 heavy (non-hydrogen) atoms. The summed E-state index contributed by atoms with van der Waals surface area (Å²) in [5, 5.41) is 9.64. The van der Waals surface area contributed by atoms with Crippen LogP contribution in [0.3, 0.4) is 0 Å². The first-order valence-corrected chi connectivity index (χ1v) is 5.51. The number of hydrogen-bond donors (Lipinski definition) is 1. The van der Waals surface area contributed by atoms with E-state index in [-0.39, 0.29) is 16.9 Å². The molecule has 0 aliphatic carbocycles. The maximum atomic E-state index is 12.5. The molecule has 0 aliphatic rings. The zero-order chi connectivity index (χ0) is 14.8. The predicted molar refractivity (Wildman–Crippen MR) is 64.0 cm³/mol. The summed E-state index contributed by atoms with van der Waals surface area (Å²) in [6, 6.07) is 3.91. The second kappa shape index (κ2) is 5.24. The average Bonchev–Trinajstić information content (AvgIpc) is 2.38. The van der Waals surface area contributed by atoms with Crippen LogP contribution in [0.4, 0.5) is 19.0 Å². The van der Waals surface area contributed by atoms with Gasteiger partial charge in [-0.15, -0.1) is 5.10 Å². The van der Waals surface area contributed by atoms with Gasteiger partial charge in [0.25, 0.3) is 5.91 Å². The van der Waals surface area contributed by atoms with Crippen molar-refractivity contribution in [1.29, 1.82) is 0 Å². The zero-order valence-corrected chi connectivity index (χ0v) is 10.3. The van der Waals surface area contributed by atoms with E-state index in [0.717, 1.165) is 12.3 Å². The number of aromatic nitrogens is 3. The lowest BCUT2D eigenvalue weighted by Gasteiger charge is -2.09. The summed E-state index contributed by atoms with van der Waals surface area (Å²) >= 11 is 0. The molecule has 0 bridgehead atoms. The number of rotatable bonds is 2. The number of carbonyl (C=O) groups excluding carboxylic acids is 1. The number of anilines is 1. The SMILES string of the molecule is Cc1cc(C(F)(F)F)ncc1C(=O)Nc1cccnn1. The molecule has 0 radical (unpaired) electrons. The average molecular weight is 282 g/mol. The third-order valence-electron chi connectivity index (χ3n) is 2.46. The van der Waals surface area contributed by atoms with Crippen molar-refractivity contribution in [3.05, 3.63) is 47.4 Å². The summed E-state index contributed by atoms with van der Waals surface area (Å²) in [7, 11) is 0. The molecule has 2 aromatic heterocycles. The number of amides is 1. The molecule has 0 aliphatic heterocycles. The van der Waals surface area contributed by atoms with Gasteiger partial charge in [-0.1, -0.05) is 0 Å². The molecule has 0 saturated carbocycles. The van der Waals surface area contributed by atoms with Crippen molar-refractivity contribution in [3.63, 3.8) is 0 Å². The molecule has 2 aromatic rings. The summed E-state index contributed by atoms with van der Waals surface area (Å²) in [5.74, 6) is -0.388. The first kappa shape index (κ1) is 13.9. The van der Waals surface area contributed by atoms with Crippen LogP contribution in [0.2, 0.25) is 0 Å². The van der Waals surface area contributed by atoms with Crippen LogP contribution in [0.5, 0.6) is 0 Å². The van der Waals surface area contributed by atoms with E-state index < -0.39 is 17.8 Å². The molecule has 5 nitrogen and oxygen atoms in total. The van der Waals surface area contributed by atoms with E-state index in [2.05, 4.69) is 20.5 Å². The summed E-state index contributed by atoms with van der Waals surface area (Å²) in [6.07, 6.45) is -2.21. The lowest BCUT2D eigenvalue weighted by molar-refractivity contribution is -0.141. The van der Waals surface area contributed by atoms with Gasteiger partial charge in [-0.05, 0) is 30.7 Å². The van der Waals surface area contributed by atoms with Crippen LogP contribution in [0.25, 0.3) is 0 Å². The molecule has 0 spiro atoms. The second-order valence-corrected chi connectivity index (χ2v) is 3.95. The van der Waals surface area contributed by atoms with Gasteiger partial charge in [0.05, 0.1) is 5.56 Å². The van der Waals surface area contributed by atoms with Crippen molar-refractivity contribution in [2.75, 3.05) is 5.32 Å². The van der Waals surface area contributed by atoms with Crippen LogP contribution in [-0.2, 0) is 6.18 Å². The van der Waals surface area contributed by atoms with Crippen molar-refractivity contribution in [2.45, 2.75) is 13.1 Å². The Morgan fingerprint density at radius 2 is 2.10 bits per heavy atom. The Morgan fingerprint density at radius 1 is 1.35 bits per heavy atom. The molecule has 8 heteroatoms. The van der Waals surface area contributed by atoms with Crippen LogP contribution in [0.1, 0.15) is 21.6 Å². The first-order chi connectivity index (χ1) is 9.38. The van der Waals surface area contributed by atoms with Crippen molar-refractivity contribution in [3.8, 4) is 0 Å². The molecular weight excluding hydrogens is 273 g/mol. The summed E-state index contributed by atoms with van der Waals surface area (Å²) in [5.41, 5.74) is -0.816. The standard InChI is InChI=1S/C12H9F3N4O/c1-7-5-9(12(13,14)15)16-6-8(7)11(20)18-10-3-2-4-17-19-10/h2-6H,1H3,(H,18,19,20). The highest BCUT2D eigenvalue weighted by atomic mass is 19.4. The number of pyridine rings is 1. The van der Waals surface area contributed by atoms with Gasteiger partial charge in [-0.25, -0.2) is 0 Å². The van der Waals surface area contributed by atoms with Gasteiger partial charge in [0, 0.05) is 12.4 Å². The van der Waals surface area contributed by atoms with Gasteiger partial charge in [0.15, 0.2) is 5.82 Å². The fraction of sp³-hybridized carbons (Fsp3) is 0.167. The molecular formula is C12H9F3N4O. The Bertz CT molecular complexity index is 628. The van der Waals surface area contributed by atoms with Gasteiger partial charge in [0.1, 0.15) is 5.69 Å². The zero-order valence-electron chi connectivity index (χ0n) is 10.3. The van der Waals surface area contributed by atoms with Gasteiger partial charge >= 0.3 is 6.18 Å². The topological polar surface area (TPSA) is 67.8 Å². The molecule has 2 rings (SSSR count). The van der Waals surface area contributed by atoms with Crippen LogP contribution >= 0.6 is 0 Å². The Morgan fingerprint density at radius 3 is 2.65 bits per heavy atom. The van der Waals surface area contributed by atoms with Crippen LogP contribution in [0.15, 0.2) is 30.6 Å². The van der Waals surface area contributed by atoms with E-state index in [1.165, 1.54) is 19.2 Å². The lowest BCUT2D eigenvalue weighted by Crippen LogP contribution is -2.17. The summed E-state index contributed by atoms with van der Waals surface area (Å²) in [6.45, 7) is 1.41. The smallest absolute Gasteiger partial charge is 0.305 e. The minimum absolute atomic E-state index is 0.0450. The van der Waals surface area contributed by atoms with E-state index in [9.17, 15) is 18.0 Å². The highest BCUT2D eigenvalue weighted by molar-refractivity contribution is 6.04. The van der Waals surface area contributed by atoms with Gasteiger partial charge in [-0.2, -0.15) is 18.3 Å². The third-order valence-corrected chi connectivity index (χ3v) is 2.46. The van der Waals surface area contributed by atoms with E-state index in [1.807, 2.05) is 0 Å². The Balaban J connectivity index is 2.23. The Hall–Kier alpha value is -2.51. The number of halogens is 3. The highest BCUT2D eigenvalue weighted by Crippen LogP contribution is 2.28. The number of nitrogens with one attached hydrogen (secondary N) is 1. The monoisotopic (exact) mass is 282 g/mol. The summed E-state index contributed by atoms with van der Waals surface area (Å²) < 4.78 is 37.4. The maximum Gasteiger partial charge on any atom is 0.433 e.